The lowest BCUT2D eigenvalue weighted by Crippen LogP contribution is -2.37. The topological polar surface area (TPSA) is 73.6 Å². The van der Waals surface area contributed by atoms with E-state index >= 15 is 0 Å². The fourth-order valence-electron chi connectivity index (χ4n) is 2.05. The Morgan fingerprint density at radius 3 is 2.52 bits per heavy atom. The van der Waals surface area contributed by atoms with E-state index in [1.54, 1.807) is 13.2 Å². The number of rotatable bonds is 8. The van der Waals surface area contributed by atoms with E-state index in [2.05, 4.69) is 5.32 Å². The van der Waals surface area contributed by atoms with Gasteiger partial charge in [0.1, 0.15) is 11.5 Å². The highest BCUT2D eigenvalue weighted by molar-refractivity contribution is 5.77. The summed E-state index contributed by atoms with van der Waals surface area (Å²) in [7, 11) is 1.59. The van der Waals surface area contributed by atoms with Gasteiger partial charge >= 0.3 is 0 Å². The van der Waals surface area contributed by atoms with Gasteiger partial charge in [0.25, 0.3) is 5.91 Å². The quantitative estimate of drug-likeness (QED) is 0.772. The summed E-state index contributed by atoms with van der Waals surface area (Å²) < 4.78 is 10.8. The van der Waals surface area contributed by atoms with E-state index in [-0.39, 0.29) is 24.6 Å². The summed E-state index contributed by atoms with van der Waals surface area (Å²) in [6.45, 7) is 5.94. The van der Waals surface area contributed by atoms with E-state index in [0.29, 0.717) is 11.5 Å². The SMILES string of the molecule is CCC(CC)NC(=O)COc1cc(OC)ccc1[C@@H](C)N. The predicted molar refractivity (Wildman–Crippen MR) is 83.6 cm³/mol. The van der Waals surface area contributed by atoms with Gasteiger partial charge in [-0.3, -0.25) is 4.79 Å². The van der Waals surface area contributed by atoms with Gasteiger partial charge in [-0.1, -0.05) is 19.9 Å². The molecule has 1 amide bonds. The fraction of sp³-hybridized carbons (Fsp3) is 0.562. The average Bonchev–Trinajstić information content (AvgIpc) is 2.49. The second-order valence-corrected chi connectivity index (χ2v) is 5.06. The number of nitrogens with two attached hydrogens (primary N) is 1. The van der Waals surface area contributed by atoms with Crippen molar-refractivity contribution >= 4 is 5.91 Å². The van der Waals surface area contributed by atoms with Gasteiger partial charge in [-0.15, -0.1) is 0 Å². The zero-order valence-corrected chi connectivity index (χ0v) is 13.3. The van der Waals surface area contributed by atoms with Crippen molar-refractivity contribution in [3.05, 3.63) is 23.8 Å². The van der Waals surface area contributed by atoms with Crippen molar-refractivity contribution < 1.29 is 14.3 Å². The highest BCUT2D eigenvalue weighted by Crippen LogP contribution is 2.28. The molecule has 1 aromatic rings. The molecule has 0 spiro atoms. The van der Waals surface area contributed by atoms with E-state index < -0.39 is 0 Å². The second kappa shape index (κ2) is 8.52. The lowest BCUT2D eigenvalue weighted by Gasteiger charge is -2.17. The molecule has 0 radical (unpaired) electrons. The average molecular weight is 294 g/mol. The van der Waals surface area contributed by atoms with Crippen LogP contribution in [0.1, 0.15) is 45.2 Å². The largest absolute Gasteiger partial charge is 0.497 e. The minimum atomic E-state index is -0.173. The molecule has 1 atom stereocenters. The number of hydrogen-bond acceptors (Lipinski definition) is 4. The van der Waals surface area contributed by atoms with Crippen LogP contribution in [0.25, 0.3) is 0 Å². The third-order valence-electron chi connectivity index (χ3n) is 3.42. The molecule has 0 saturated carbocycles. The summed E-state index contributed by atoms with van der Waals surface area (Å²) in [5, 5.41) is 2.94. The zero-order chi connectivity index (χ0) is 15.8. The Morgan fingerprint density at radius 1 is 1.33 bits per heavy atom. The molecule has 0 saturated heterocycles. The molecule has 5 nitrogen and oxygen atoms in total. The van der Waals surface area contributed by atoms with Crippen LogP contribution >= 0.6 is 0 Å². The highest BCUT2D eigenvalue weighted by atomic mass is 16.5. The fourth-order valence-corrected chi connectivity index (χ4v) is 2.05. The van der Waals surface area contributed by atoms with E-state index in [1.165, 1.54) is 0 Å². The smallest absolute Gasteiger partial charge is 0.258 e. The molecular weight excluding hydrogens is 268 g/mol. The lowest BCUT2D eigenvalue weighted by molar-refractivity contribution is -0.123. The van der Waals surface area contributed by atoms with Crippen molar-refractivity contribution in [3.63, 3.8) is 0 Å². The number of benzene rings is 1. The molecule has 0 heterocycles. The van der Waals surface area contributed by atoms with E-state index in [4.69, 9.17) is 15.2 Å². The molecule has 0 bridgehead atoms. The first-order valence-corrected chi connectivity index (χ1v) is 7.37. The molecule has 0 aliphatic carbocycles. The first-order chi connectivity index (χ1) is 10.0. The number of nitrogens with one attached hydrogen (secondary N) is 1. The Hall–Kier alpha value is -1.75. The van der Waals surface area contributed by atoms with Crippen LogP contribution in [0, 0.1) is 0 Å². The standard InChI is InChI=1S/C16H26N2O3/c1-5-12(6-2)18-16(19)10-21-15-9-13(20-4)7-8-14(15)11(3)17/h7-9,11-12H,5-6,10,17H2,1-4H3,(H,18,19)/t11-/m1/s1. The van der Waals surface area contributed by atoms with Gasteiger partial charge in [-0.05, 0) is 25.8 Å². The number of amides is 1. The molecule has 0 aliphatic rings. The van der Waals surface area contributed by atoms with Gasteiger partial charge in [0.2, 0.25) is 0 Å². The van der Waals surface area contributed by atoms with Crippen molar-refractivity contribution in [1.29, 1.82) is 0 Å². The van der Waals surface area contributed by atoms with E-state index in [0.717, 1.165) is 18.4 Å². The highest BCUT2D eigenvalue weighted by Gasteiger charge is 2.13. The van der Waals surface area contributed by atoms with Crippen molar-refractivity contribution in [2.75, 3.05) is 13.7 Å². The molecule has 0 aliphatic heterocycles. The Morgan fingerprint density at radius 2 is 2.00 bits per heavy atom. The normalized spacial score (nSPS) is 12.1. The Kier molecular flexibility index (Phi) is 7.02. The van der Waals surface area contributed by atoms with E-state index in [1.807, 2.05) is 32.9 Å². The van der Waals surface area contributed by atoms with Crippen LogP contribution in [0.2, 0.25) is 0 Å². The predicted octanol–water partition coefficient (Wildman–Crippen LogP) is 2.40. The van der Waals surface area contributed by atoms with Crippen LogP contribution in [-0.2, 0) is 4.79 Å². The minimum absolute atomic E-state index is 0.0244. The number of ether oxygens (including phenoxy) is 2. The van der Waals surface area contributed by atoms with Gasteiger partial charge in [0, 0.05) is 23.7 Å². The molecule has 0 unspecified atom stereocenters. The van der Waals surface area contributed by atoms with Gasteiger partial charge in [-0.25, -0.2) is 0 Å². The minimum Gasteiger partial charge on any atom is -0.497 e. The third kappa shape index (κ3) is 5.27. The van der Waals surface area contributed by atoms with Gasteiger partial charge in [-0.2, -0.15) is 0 Å². The van der Waals surface area contributed by atoms with Crippen LogP contribution < -0.4 is 20.5 Å². The number of carbonyl (C=O) groups excluding carboxylic acids is 1. The van der Waals surface area contributed by atoms with Crippen LogP contribution in [0.5, 0.6) is 11.5 Å². The summed E-state index contributed by atoms with van der Waals surface area (Å²) in [6, 6.07) is 5.46. The molecule has 1 rings (SSSR count). The van der Waals surface area contributed by atoms with Crippen molar-refractivity contribution in [2.45, 2.75) is 45.7 Å². The Bertz CT molecular complexity index is 457. The maximum Gasteiger partial charge on any atom is 0.258 e. The summed E-state index contributed by atoms with van der Waals surface area (Å²) in [5.41, 5.74) is 6.77. The molecule has 5 heteroatoms. The Balaban J connectivity index is 2.71. The molecule has 1 aromatic carbocycles. The van der Waals surface area contributed by atoms with Crippen molar-refractivity contribution in [3.8, 4) is 11.5 Å². The van der Waals surface area contributed by atoms with E-state index in [9.17, 15) is 4.79 Å². The molecular formula is C16H26N2O3. The summed E-state index contributed by atoms with van der Waals surface area (Å²) in [4.78, 5) is 11.9. The van der Waals surface area contributed by atoms with Crippen LogP contribution in [0.4, 0.5) is 0 Å². The maximum absolute atomic E-state index is 11.9. The molecule has 3 N–H and O–H groups in total. The van der Waals surface area contributed by atoms with Crippen LogP contribution in [0.3, 0.4) is 0 Å². The Labute approximate surface area is 126 Å². The molecule has 0 fully saturated rings. The summed E-state index contributed by atoms with van der Waals surface area (Å²) in [6.07, 6.45) is 1.82. The molecule has 21 heavy (non-hydrogen) atoms. The van der Waals surface area contributed by atoms with Gasteiger partial charge < -0.3 is 20.5 Å². The van der Waals surface area contributed by atoms with Crippen LogP contribution in [0.15, 0.2) is 18.2 Å². The molecule has 118 valence electrons. The first kappa shape index (κ1) is 17.3. The first-order valence-electron chi connectivity index (χ1n) is 7.37. The zero-order valence-electron chi connectivity index (χ0n) is 13.3. The third-order valence-corrected chi connectivity index (χ3v) is 3.42. The lowest BCUT2D eigenvalue weighted by atomic mass is 10.1. The van der Waals surface area contributed by atoms with Crippen molar-refractivity contribution in [1.82, 2.24) is 5.32 Å². The maximum atomic E-state index is 11.9. The second-order valence-electron chi connectivity index (χ2n) is 5.06. The number of hydrogen-bond donors (Lipinski definition) is 2. The van der Waals surface area contributed by atoms with Gasteiger partial charge in [0.15, 0.2) is 6.61 Å². The van der Waals surface area contributed by atoms with Gasteiger partial charge in [0.05, 0.1) is 7.11 Å². The number of carbonyl (C=O) groups is 1. The molecule has 0 aromatic heterocycles. The summed E-state index contributed by atoms with van der Waals surface area (Å²) >= 11 is 0. The monoisotopic (exact) mass is 294 g/mol. The van der Waals surface area contributed by atoms with Crippen molar-refractivity contribution in [2.24, 2.45) is 5.73 Å². The van der Waals surface area contributed by atoms with Crippen LogP contribution in [-0.4, -0.2) is 25.7 Å². The number of methoxy groups -OCH3 is 1. The summed E-state index contributed by atoms with van der Waals surface area (Å²) in [5.74, 6) is 1.14.